The Bertz CT molecular complexity index is 890. The van der Waals surface area contributed by atoms with Gasteiger partial charge >= 0.3 is 0 Å². The van der Waals surface area contributed by atoms with Gasteiger partial charge in [-0.1, -0.05) is 6.07 Å². The third-order valence-corrected chi connectivity index (χ3v) is 7.72. The average molecular weight is 418 g/mol. The largest absolute Gasteiger partial charge is 0.338 e. The average Bonchev–Trinajstić information content (AvgIpc) is 3.38. The molecule has 0 atom stereocenters. The quantitative estimate of drug-likeness (QED) is 0.564. The molecule has 2 aliphatic rings. The predicted octanol–water partition coefficient (Wildman–Crippen LogP) is 3.48. The summed E-state index contributed by atoms with van der Waals surface area (Å²) in [7, 11) is 0. The molecule has 0 bridgehead atoms. The van der Waals surface area contributed by atoms with E-state index in [1.54, 1.807) is 4.90 Å². The second-order valence-corrected chi connectivity index (χ2v) is 9.23. The second kappa shape index (κ2) is 7.56. The Morgan fingerprint density at radius 3 is 2.36 bits per heavy atom. The molecule has 146 valence electrons. The lowest BCUT2D eigenvalue weighted by atomic mass is 10.0. The molecule has 0 saturated carbocycles. The molecule has 28 heavy (non-hydrogen) atoms. The number of thioether (sulfide) groups is 1. The number of nitro benzene ring substituents is 1. The van der Waals surface area contributed by atoms with Crippen LogP contribution in [-0.2, 0) is 0 Å². The van der Waals surface area contributed by atoms with Gasteiger partial charge in [-0.3, -0.25) is 19.7 Å². The van der Waals surface area contributed by atoms with Crippen molar-refractivity contribution in [2.75, 3.05) is 25.4 Å². The van der Waals surface area contributed by atoms with Crippen molar-refractivity contribution in [3.8, 4) is 0 Å². The zero-order valence-electron chi connectivity index (χ0n) is 15.1. The number of piperidine rings is 1. The number of non-ortho nitro benzene ring substituents is 1. The molecule has 2 aromatic rings. The molecular weight excluding hydrogens is 398 g/mol. The third-order valence-electron chi connectivity index (χ3n) is 5.31. The van der Waals surface area contributed by atoms with Gasteiger partial charge in [0.05, 0.1) is 14.7 Å². The molecular formula is C19H19N3O4S2. The molecule has 1 spiro atoms. The molecule has 9 heteroatoms. The molecule has 0 radical (unpaired) electrons. The molecule has 2 fully saturated rings. The van der Waals surface area contributed by atoms with E-state index in [1.165, 1.54) is 35.6 Å². The van der Waals surface area contributed by atoms with Crippen LogP contribution in [0.5, 0.6) is 0 Å². The Balaban J connectivity index is 1.44. The zero-order chi connectivity index (χ0) is 19.7. The van der Waals surface area contributed by atoms with Crippen LogP contribution in [-0.4, -0.2) is 56.8 Å². The summed E-state index contributed by atoms with van der Waals surface area (Å²) in [6.07, 6.45) is 1.46. The van der Waals surface area contributed by atoms with Crippen LogP contribution in [0.1, 0.15) is 32.9 Å². The van der Waals surface area contributed by atoms with E-state index in [1.807, 2.05) is 34.2 Å². The van der Waals surface area contributed by atoms with E-state index in [2.05, 4.69) is 0 Å². The van der Waals surface area contributed by atoms with Gasteiger partial charge in [-0.25, -0.2) is 0 Å². The van der Waals surface area contributed by atoms with Crippen molar-refractivity contribution >= 4 is 40.6 Å². The van der Waals surface area contributed by atoms with Gasteiger partial charge in [0.2, 0.25) is 0 Å². The van der Waals surface area contributed by atoms with Gasteiger partial charge in [0.15, 0.2) is 0 Å². The van der Waals surface area contributed by atoms with Crippen LogP contribution in [0.15, 0.2) is 41.8 Å². The van der Waals surface area contributed by atoms with E-state index in [9.17, 15) is 19.7 Å². The fourth-order valence-corrected chi connectivity index (χ4v) is 5.94. The van der Waals surface area contributed by atoms with Crippen molar-refractivity contribution in [3.63, 3.8) is 0 Å². The second-order valence-electron chi connectivity index (χ2n) is 6.82. The highest BCUT2D eigenvalue weighted by Crippen LogP contribution is 2.45. The maximum absolute atomic E-state index is 12.9. The Labute approximate surface area is 170 Å². The summed E-state index contributed by atoms with van der Waals surface area (Å²) in [5.74, 6) is 0.868. The van der Waals surface area contributed by atoms with Gasteiger partial charge in [0, 0.05) is 43.1 Å². The highest BCUT2D eigenvalue weighted by molar-refractivity contribution is 8.00. The van der Waals surface area contributed by atoms with E-state index in [4.69, 9.17) is 0 Å². The normalized spacial score (nSPS) is 18.4. The van der Waals surface area contributed by atoms with Crippen molar-refractivity contribution in [2.45, 2.75) is 17.7 Å². The van der Waals surface area contributed by atoms with Crippen LogP contribution in [0.25, 0.3) is 0 Å². The number of nitrogens with zero attached hydrogens (tertiary/aromatic N) is 3. The number of rotatable bonds is 3. The first kappa shape index (κ1) is 18.9. The molecule has 7 nitrogen and oxygen atoms in total. The lowest BCUT2D eigenvalue weighted by Crippen LogP contribution is -2.53. The summed E-state index contributed by atoms with van der Waals surface area (Å²) in [5, 5.41) is 12.7. The first-order valence-electron chi connectivity index (χ1n) is 9.03. The van der Waals surface area contributed by atoms with Crippen molar-refractivity contribution in [1.29, 1.82) is 0 Å². The van der Waals surface area contributed by atoms with Crippen molar-refractivity contribution in [3.05, 3.63) is 62.3 Å². The van der Waals surface area contributed by atoms with Gasteiger partial charge < -0.3 is 9.80 Å². The van der Waals surface area contributed by atoms with Crippen molar-refractivity contribution in [1.82, 2.24) is 9.80 Å². The lowest BCUT2D eigenvalue weighted by Gasteiger charge is -2.44. The van der Waals surface area contributed by atoms with Gasteiger partial charge in [-0.05, 0) is 36.4 Å². The van der Waals surface area contributed by atoms with E-state index in [-0.39, 0.29) is 22.4 Å². The Kier molecular flexibility index (Phi) is 5.11. The number of likely N-dealkylation sites (tertiary alicyclic amines) is 1. The van der Waals surface area contributed by atoms with Gasteiger partial charge in [0.25, 0.3) is 17.5 Å². The number of carbonyl (C=O) groups excluding carboxylic acids is 2. The highest BCUT2D eigenvalue weighted by Gasteiger charge is 2.47. The zero-order valence-corrected chi connectivity index (χ0v) is 16.7. The van der Waals surface area contributed by atoms with Crippen LogP contribution in [0, 0.1) is 10.1 Å². The van der Waals surface area contributed by atoms with Crippen LogP contribution < -0.4 is 0 Å². The smallest absolute Gasteiger partial charge is 0.269 e. The number of amides is 2. The minimum absolute atomic E-state index is 0.0285. The number of carbonyl (C=O) groups is 2. The molecule has 4 rings (SSSR count). The maximum atomic E-state index is 12.9. The van der Waals surface area contributed by atoms with Gasteiger partial charge in [0.1, 0.15) is 0 Å². The lowest BCUT2D eigenvalue weighted by molar-refractivity contribution is -0.384. The van der Waals surface area contributed by atoms with Crippen molar-refractivity contribution < 1.29 is 14.5 Å². The Morgan fingerprint density at radius 2 is 1.75 bits per heavy atom. The first-order chi connectivity index (χ1) is 13.5. The minimum atomic E-state index is -0.477. The Morgan fingerprint density at radius 1 is 1.04 bits per heavy atom. The molecule has 2 amide bonds. The molecule has 1 aromatic heterocycles. The molecule has 0 unspecified atom stereocenters. The van der Waals surface area contributed by atoms with E-state index >= 15 is 0 Å². The maximum Gasteiger partial charge on any atom is 0.269 e. The summed E-state index contributed by atoms with van der Waals surface area (Å²) < 4.78 is 0. The first-order valence-corrected chi connectivity index (χ1v) is 10.9. The van der Waals surface area contributed by atoms with Crippen LogP contribution >= 0.6 is 23.1 Å². The summed E-state index contributed by atoms with van der Waals surface area (Å²) in [6.45, 7) is 1.87. The molecule has 2 saturated heterocycles. The monoisotopic (exact) mass is 417 g/mol. The summed E-state index contributed by atoms with van der Waals surface area (Å²) >= 11 is 3.27. The van der Waals surface area contributed by atoms with Crippen LogP contribution in [0.2, 0.25) is 0 Å². The fraction of sp³-hybridized carbons (Fsp3) is 0.368. The minimum Gasteiger partial charge on any atom is -0.338 e. The SMILES string of the molecule is O=C(c1ccc([N+](=O)[O-])cc1)N1CCC2(CC1)SCCN2C(=O)c1cccs1. The van der Waals surface area contributed by atoms with E-state index in [0.29, 0.717) is 18.7 Å². The Hall–Kier alpha value is -2.39. The molecule has 3 heterocycles. The van der Waals surface area contributed by atoms with E-state index < -0.39 is 4.92 Å². The predicted molar refractivity (Wildman–Crippen MR) is 109 cm³/mol. The molecule has 2 aliphatic heterocycles. The molecule has 0 N–H and O–H groups in total. The number of thiophene rings is 1. The fourth-order valence-electron chi connectivity index (χ4n) is 3.81. The van der Waals surface area contributed by atoms with Crippen molar-refractivity contribution in [2.24, 2.45) is 0 Å². The van der Waals surface area contributed by atoms with Gasteiger partial charge in [-0.15, -0.1) is 23.1 Å². The topological polar surface area (TPSA) is 83.8 Å². The molecule has 0 aliphatic carbocycles. The number of hydrogen-bond acceptors (Lipinski definition) is 6. The number of hydrogen-bond donors (Lipinski definition) is 0. The van der Waals surface area contributed by atoms with Crippen LogP contribution in [0.3, 0.4) is 0 Å². The molecule has 1 aromatic carbocycles. The summed E-state index contributed by atoms with van der Waals surface area (Å²) in [4.78, 5) is 40.2. The van der Waals surface area contributed by atoms with Crippen LogP contribution in [0.4, 0.5) is 5.69 Å². The third kappa shape index (κ3) is 3.40. The summed E-state index contributed by atoms with van der Waals surface area (Å²) in [5.41, 5.74) is 0.423. The van der Waals surface area contributed by atoms with E-state index in [0.717, 1.165) is 30.0 Å². The number of benzene rings is 1. The highest BCUT2D eigenvalue weighted by atomic mass is 32.2. The summed E-state index contributed by atoms with van der Waals surface area (Å²) in [6, 6.07) is 9.46. The van der Waals surface area contributed by atoms with Gasteiger partial charge in [-0.2, -0.15) is 0 Å². The standard InChI is InChI=1S/C19H19N3O4S2/c23-17(14-3-5-15(6-4-14)22(25)26)20-9-7-19(8-10-20)21(11-13-28-19)18(24)16-2-1-12-27-16/h1-6,12H,7-11,13H2. The number of nitro groups is 1.